The van der Waals surface area contributed by atoms with E-state index in [9.17, 15) is 4.79 Å². The molecule has 0 aliphatic heterocycles. The van der Waals surface area contributed by atoms with E-state index in [1.807, 2.05) is 24.0 Å². The molecule has 0 saturated heterocycles. The number of aryl methyl sites for hydroxylation is 1. The molecule has 3 aromatic rings. The number of rotatable bonds is 4. The first-order chi connectivity index (χ1) is 11.8. The zero-order valence-corrected chi connectivity index (χ0v) is 15.6. The highest BCUT2D eigenvalue weighted by Gasteiger charge is 2.22. The molecule has 7 nitrogen and oxygen atoms in total. The van der Waals surface area contributed by atoms with Crippen molar-refractivity contribution in [3.63, 3.8) is 0 Å². The number of hydrogen-bond acceptors (Lipinski definition) is 4. The Morgan fingerprint density at radius 2 is 1.88 bits per heavy atom. The third kappa shape index (κ3) is 3.01. The molecule has 1 amide bonds. The molecular formula is C18H24N6O. The molecule has 0 atom stereocenters. The van der Waals surface area contributed by atoms with E-state index in [0.29, 0.717) is 5.56 Å². The lowest BCUT2D eigenvalue weighted by atomic mass is 10.0. The summed E-state index contributed by atoms with van der Waals surface area (Å²) in [6, 6.07) is 2.06. The SMILES string of the molecule is CC(C)c1cc(C(=O)N(C)c2cnn(C)c2)c2cnn(C(C)C)c2n1. The molecule has 0 aromatic carbocycles. The maximum absolute atomic E-state index is 13.1. The number of carbonyl (C=O) groups excluding carboxylic acids is 1. The van der Waals surface area contributed by atoms with Crippen LogP contribution < -0.4 is 4.90 Å². The summed E-state index contributed by atoms with van der Waals surface area (Å²) < 4.78 is 3.54. The van der Waals surface area contributed by atoms with Crippen molar-refractivity contribution in [2.24, 2.45) is 7.05 Å². The average molecular weight is 340 g/mol. The second-order valence-corrected chi connectivity index (χ2v) is 6.91. The van der Waals surface area contributed by atoms with Crippen molar-refractivity contribution in [1.82, 2.24) is 24.5 Å². The number of carbonyl (C=O) groups is 1. The predicted octanol–water partition coefficient (Wildman–Crippen LogP) is 3.15. The molecule has 0 bridgehead atoms. The van der Waals surface area contributed by atoms with Crippen LogP contribution in [0.2, 0.25) is 0 Å². The molecule has 0 aliphatic rings. The van der Waals surface area contributed by atoms with Crippen molar-refractivity contribution in [1.29, 1.82) is 0 Å². The van der Waals surface area contributed by atoms with Gasteiger partial charge in [-0.25, -0.2) is 9.67 Å². The molecule has 7 heteroatoms. The Labute approximate surface area is 147 Å². The highest BCUT2D eigenvalue weighted by Crippen LogP contribution is 2.26. The van der Waals surface area contributed by atoms with Gasteiger partial charge in [0, 0.05) is 32.0 Å². The number of aromatic nitrogens is 5. The van der Waals surface area contributed by atoms with Crippen LogP contribution in [-0.4, -0.2) is 37.5 Å². The van der Waals surface area contributed by atoms with E-state index in [1.54, 1.807) is 29.0 Å². The Bertz CT molecular complexity index is 921. The van der Waals surface area contributed by atoms with Gasteiger partial charge in [0.15, 0.2) is 5.65 Å². The van der Waals surface area contributed by atoms with Gasteiger partial charge in [0.05, 0.1) is 29.0 Å². The summed E-state index contributed by atoms with van der Waals surface area (Å²) in [4.78, 5) is 19.5. The minimum Gasteiger partial charge on any atom is -0.308 e. The molecule has 0 fully saturated rings. The summed E-state index contributed by atoms with van der Waals surface area (Å²) in [5.41, 5.74) is 3.01. The van der Waals surface area contributed by atoms with Crippen molar-refractivity contribution < 1.29 is 4.79 Å². The van der Waals surface area contributed by atoms with Crippen LogP contribution in [0.5, 0.6) is 0 Å². The quantitative estimate of drug-likeness (QED) is 0.731. The highest BCUT2D eigenvalue weighted by atomic mass is 16.2. The van der Waals surface area contributed by atoms with Gasteiger partial charge in [0.25, 0.3) is 5.91 Å². The van der Waals surface area contributed by atoms with Crippen LogP contribution in [0.4, 0.5) is 5.69 Å². The Balaban J connectivity index is 2.15. The van der Waals surface area contributed by atoms with Crippen molar-refractivity contribution in [2.75, 3.05) is 11.9 Å². The van der Waals surface area contributed by atoms with Crippen LogP contribution in [0.15, 0.2) is 24.7 Å². The summed E-state index contributed by atoms with van der Waals surface area (Å²) in [5.74, 6) is 0.126. The van der Waals surface area contributed by atoms with Gasteiger partial charge < -0.3 is 4.90 Å². The van der Waals surface area contributed by atoms with Gasteiger partial charge in [-0.05, 0) is 25.8 Å². The zero-order chi connectivity index (χ0) is 18.3. The van der Waals surface area contributed by atoms with Gasteiger partial charge in [0.1, 0.15) is 0 Å². The fourth-order valence-corrected chi connectivity index (χ4v) is 2.77. The second-order valence-electron chi connectivity index (χ2n) is 6.91. The highest BCUT2D eigenvalue weighted by molar-refractivity contribution is 6.12. The lowest BCUT2D eigenvalue weighted by Gasteiger charge is -2.17. The van der Waals surface area contributed by atoms with Crippen molar-refractivity contribution in [3.05, 3.63) is 35.9 Å². The Morgan fingerprint density at radius 3 is 2.44 bits per heavy atom. The predicted molar refractivity (Wildman–Crippen MR) is 97.9 cm³/mol. The van der Waals surface area contributed by atoms with Crippen LogP contribution in [-0.2, 0) is 7.05 Å². The zero-order valence-electron chi connectivity index (χ0n) is 15.6. The van der Waals surface area contributed by atoms with E-state index in [2.05, 4.69) is 37.9 Å². The molecule has 0 unspecified atom stereocenters. The molecule has 3 rings (SSSR count). The Kier molecular flexibility index (Phi) is 4.32. The number of anilines is 1. The number of pyridine rings is 1. The van der Waals surface area contributed by atoms with E-state index in [0.717, 1.165) is 22.4 Å². The summed E-state index contributed by atoms with van der Waals surface area (Å²) in [6.45, 7) is 8.26. The maximum Gasteiger partial charge on any atom is 0.258 e. The Hall–Kier alpha value is -2.70. The lowest BCUT2D eigenvalue weighted by Crippen LogP contribution is -2.26. The van der Waals surface area contributed by atoms with Gasteiger partial charge in [0.2, 0.25) is 0 Å². The fraction of sp³-hybridized carbons (Fsp3) is 0.444. The summed E-state index contributed by atoms with van der Waals surface area (Å²) in [6.07, 6.45) is 5.23. The van der Waals surface area contributed by atoms with Gasteiger partial charge in [-0.2, -0.15) is 10.2 Å². The first-order valence-corrected chi connectivity index (χ1v) is 8.44. The van der Waals surface area contributed by atoms with E-state index in [4.69, 9.17) is 4.98 Å². The largest absolute Gasteiger partial charge is 0.308 e. The monoisotopic (exact) mass is 340 g/mol. The summed E-state index contributed by atoms with van der Waals surface area (Å²) in [7, 11) is 3.59. The summed E-state index contributed by atoms with van der Waals surface area (Å²) in [5, 5.41) is 9.36. The molecule has 0 saturated carbocycles. The van der Waals surface area contributed by atoms with E-state index < -0.39 is 0 Å². The molecule has 132 valence electrons. The number of amides is 1. The topological polar surface area (TPSA) is 68.8 Å². The van der Waals surface area contributed by atoms with Gasteiger partial charge in [-0.3, -0.25) is 9.48 Å². The van der Waals surface area contributed by atoms with Crippen molar-refractivity contribution >= 4 is 22.6 Å². The van der Waals surface area contributed by atoms with E-state index in [1.165, 1.54) is 0 Å². The van der Waals surface area contributed by atoms with Gasteiger partial charge >= 0.3 is 0 Å². The van der Waals surface area contributed by atoms with Crippen LogP contribution >= 0.6 is 0 Å². The minimum atomic E-state index is -0.0920. The molecule has 3 aromatic heterocycles. The maximum atomic E-state index is 13.1. The summed E-state index contributed by atoms with van der Waals surface area (Å²) >= 11 is 0. The fourth-order valence-electron chi connectivity index (χ4n) is 2.77. The second kappa shape index (κ2) is 6.31. The number of hydrogen-bond donors (Lipinski definition) is 0. The minimum absolute atomic E-state index is 0.0920. The van der Waals surface area contributed by atoms with Crippen molar-refractivity contribution in [2.45, 2.75) is 39.7 Å². The Morgan fingerprint density at radius 1 is 1.16 bits per heavy atom. The van der Waals surface area contributed by atoms with Crippen LogP contribution in [0.3, 0.4) is 0 Å². The molecule has 3 heterocycles. The first-order valence-electron chi connectivity index (χ1n) is 8.44. The normalized spacial score (nSPS) is 11.7. The number of fused-ring (bicyclic) bond motifs is 1. The lowest BCUT2D eigenvalue weighted by molar-refractivity contribution is 0.0994. The third-order valence-corrected chi connectivity index (χ3v) is 4.28. The molecular weight excluding hydrogens is 316 g/mol. The molecule has 0 radical (unpaired) electrons. The molecule has 0 N–H and O–H groups in total. The molecule has 0 aliphatic carbocycles. The standard InChI is InChI=1S/C18H24N6O/c1-11(2)16-7-14(15-9-20-24(12(3)4)17(15)21-16)18(25)23(6)13-8-19-22(5)10-13/h7-12H,1-6H3. The first kappa shape index (κ1) is 17.1. The van der Waals surface area contributed by atoms with E-state index >= 15 is 0 Å². The third-order valence-electron chi connectivity index (χ3n) is 4.28. The average Bonchev–Trinajstić information content (AvgIpc) is 3.18. The van der Waals surface area contributed by atoms with Gasteiger partial charge in [-0.1, -0.05) is 13.8 Å². The molecule has 0 spiro atoms. The van der Waals surface area contributed by atoms with E-state index in [-0.39, 0.29) is 17.9 Å². The van der Waals surface area contributed by atoms with Crippen LogP contribution in [0.25, 0.3) is 11.0 Å². The van der Waals surface area contributed by atoms with Crippen molar-refractivity contribution in [3.8, 4) is 0 Å². The van der Waals surface area contributed by atoms with Crippen LogP contribution in [0, 0.1) is 0 Å². The smallest absolute Gasteiger partial charge is 0.258 e. The van der Waals surface area contributed by atoms with Gasteiger partial charge in [-0.15, -0.1) is 0 Å². The molecule has 25 heavy (non-hydrogen) atoms. The van der Waals surface area contributed by atoms with Crippen LogP contribution in [0.1, 0.15) is 55.7 Å². The number of nitrogens with zero attached hydrogens (tertiary/aromatic N) is 6.